The third kappa shape index (κ3) is 5.98. The van der Waals surface area contributed by atoms with E-state index in [1.165, 1.54) is 0 Å². The van der Waals surface area contributed by atoms with Gasteiger partial charge in [0.05, 0.1) is 47.6 Å². The first kappa shape index (κ1) is 26.7. The van der Waals surface area contributed by atoms with E-state index in [1.54, 1.807) is 12.4 Å². The van der Waals surface area contributed by atoms with Crippen molar-refractivity contribution in [1.29, 1.82) is 0 Å². The Kier molecular flexibility index (Phi) is 8.25. The average molecular weight is 566 g/mol. The van der Waals surface area contributed by atoms with Crippen LogP contribution in [0, 0.1) is 12.3 Å². The lowest BCUT2D eigenvalue weighted by atomic mass is 10.1. The number of hydrogen-bond donors (Lipinski definition) is 1. The molecule has 0 aliphatic carbocycles. The molecule has 210 valence electrons. The molecule has 10 nitrogen and oxygen atoms in total. The number of piperazine rings is 1. The van der Waals surface area contributed by atoms with Gasteiger partial charge in [0.15, 0.2) is 0 Å². The van der Waals surface area contributed by atoms with Crippen LogP contribution in [0.2, 0.25) is 5.02 Å². The third-order valence-corrected chi connectivity index (χ3v) is 7.60. The number of aromatic nitrogens is 2. The van der Waals surface area contributed by atoms with E-state index >= 15 is 0 Å². The number of anilines is 2. The molecule has 1 N–H and O–H groups in total. The van der Waals surface area contributed by atoms with Gasteiger partial charge in [0.1, 0.15) is 29.9 Å². The summed E-state index contributed by atoms with van der Waals surface area (Å²) in [6.45, 7) is 7.45. The molecule has 0 spiro atoms. The number of rotatable bonds is 9. The fraction of sp³-hybridized carbons (Fsp3) is 0.448. The van der Waals surface area contributed by atoms with Crippen LogP contribution in [0.4, 0.5) is 11.4 Å². The summed E-state index contributed by atoms with van der Waals surface area (Å²) in [5.41, 5.74) is 2.09. The number of terminal acetylenes is 1. The Morgan fingerprint density at radius 2 is 1.93 bits per heavy atom. The van der Waals surface area contributed by atoms with E-state index in [1.807, 2.05) is 18.2 Å². The summed E-state index contributed by atoms with van der Waals surface area (Å²) in [4.78, 5) is 13.6. The van der Waals surface area contributed by atoms with Crippen LogP contribution in [0.5, 0.6) is 23.1 Å². The Morgan fingerprint density at radius 1 is 1.10 bits per heavy atom. The first-order valence-corrected chi connectivity index (χ1v) is 13.9. The predicted molar refractivity (Wildman–Crippen MR) is 152 cm³/mol. The largest absolute Gasteiger partial charge is 0.492 e. The Balaban J connectivity index is 1.25. The lowest BCUT2D eigenvalue weighted by molar-refractivity contribution is 0.0261. The maximum atomic E-state index is 6.57. The van der Waals surface area contributed by atoms with Crippen LogP contribution in [0.15, 0.2) is 30.6 Å². The smallest absolute Gasteiger partial charge is 0.262 e. The van der Waals surface area contributed by atoms with Gasteiger partial charge in [-0.1, -0.05) is 17.5 Å². The minimum Gasteiger partial charge on any atom is -0.492 e. The van der Waals surface area contributed by atoms with Crippen LogP contribution >= 0.6 is 11.6 Å². The highest BCUT2D eigenvalue weighted by atomic mass is 35.5. The van der Waals surface area contributed by atoms with Crippen LogP contribution in [-0.2, 0) is 4.74 Å². The molecule has 2 saturated heterocycles. The van der Waals surface area contributed by atoms with Gasteiger partial charge in [-0.2, -0.15) is 0 Å². The summed E-state index contributed by atoms with van der Waals surface area (Å²) in [6.07, 6.45) is 10.4. The number of benzene rings is 1. The highest BCUT2D eigenvalue weighted by Gasteiger charge is 2.25. The number of nitrogens with one attached hydrogen (secondary N) is 1. The number of ether oxygens (including phenoxy) is 5. The number of hydrogen-bond acceptors (Lipinski definition) is 10. The van der Waals surface area contributed by atoms with E-state index in [2.05, 4.69) is 31.0 Å². The van der Waals surface area contributed by atoms with Gasteiger partial charge in [0.2, 0.25) is 12.5 Å². The molecule has 6 rings (SSSR count). The summed E-state index contributed by atoms with van der Waals surface area (Å²) in [5.74, 6) is 5.01. The zero-order chi connectivity index (χ0) is 27.3. The molecule has 3 aliphatic heterocycles. The Morgan fingerprint density at radius 3 is 2.75 bits per heavy atom. The van der Waals surface area contributed by atoms with Crippen LogP contribution in [-0.4, -0.2) is 91.8 Å². The van der Waals surface area contributed by atoms with Crippen molar-refractivity contribution in [3.05, 3.63) is 35.6 Å². The van der Waals surface area contributed by atoms with E-state index < -0.39 is 0 Å². The summed E-state index contributed by atoms with van der Waals surface area (Å²) in [7, 11) is 0. The van der Waals surface area contributed by atoms with Crippen molar-refractivity contribution in [2.24, 2.45) is 0 Å². The number of halogens is 1. The second-order valence-electron chi connectivity index (χ2n) is 9.92. The van der Waals surface area contributed by atoms with Gasteiger partial charge in [-0.05, 0) is 6.07 Å². The quantitative estimate of drug-likeness (QED) is 0.385. The van der Waals surface area contributed by atoms with Gasteiger partial charge >= 0.3 is 0 Å². The first-order chi connectivity index (χ1) is 19.7. The van der Waals surface area contributed by atoms with Crippen molar-refractivity contribution >= 4 is 33.9 Å². The molecule has 5 heterocycles. The first-order valence-electron chi connectivity index (χ1n) is 13.6. The maximum absolute atomic E-state index is 6.57. The molecule has 2 aromatic heterocycles. The van der Waals surface area contributed by atoms with Crippen molar-refractivity contribution < 1.29 is 23.7 Å². The van der Waals surface area contributed by atoms with E-state index in [0.717, 1.165) is 62.2 Å². The fourth-order valence-electron chi connectivity index (χ4n) is 5.16. The topological polar surface area (TPSA) is 90.4 Å². The Bertz CT molecular complexity index is 1390. The van der Waals surface area contributed by atoms with Crippen LogP contribution in [0.25, 0.3) is 10.9 Å². The molecule has 0 saturated carbocycles. The van der Waals surface area contributed by atoms with Crippen molar-refractivity contribution in [3.63, 3.8) is 0 Å². The summed E-state index contributed by atoms with van der Waals surface area (Å²) in [5, 5.41) is 4.67. The highest BCUT2D eigenvalue weighted by molar-refractivity contribution is 6.33. The maximum Gasteiger partial charge on any atom is 0.262 e. The van der Waals surface area contributed by atoms with Gasteiger partial charge in [-0.25, -0.2) is 4.98 Å². The van der Waals surface area contributed by atoms with Crippen LogP contribution < -0.4 is 24.3 Å². The number of fused-ring (bicyclic) bond motifs is 2. The SMILES string of the molecule is C#CCN1CCN(CCOc2cc(OC3CCOCC3)c3c(Nc4c(Cl)cnc5c4OCO5)ccnc3c2)CC1. The van der Waals surface area contributed by atoms with E-state index in [4.69, 9.17) is 41.7 Å². The molecule has 0 amide bonds. The second-order valence-corrected chi connectivity index (χ2v) is 10.3. The van der Waals surface area contributed by atoms with E-state index in [-0.39, 0.29) is 12.9 Å². The third-order valence-electron chi connectivity index (χ3n) is 7.31. The van der Waals surface area contributed by atoms with Gasteiger partial charge in [0, 0.05) is 63.9 Å². The lowest BCUT2D eigenvalue weighted by Gasteiger charge is -2.33. The summed E-state index contributed by atoms with van der Waals surface area (Å²) < 4.78 is 29.4. The molecule has 40 heavy (non-hydrogen) atoms. The van der Waals surface area contributed by atoms with Gasteiger partial charge < -0.3 is 29.0 Å². The standard InChI is InChI=1S/C29H32ClN5O5/c1-2-7-34-8-10-35(11-9-34)12-15-37-21-16-24-26(25(17-21)40-20-4-13-36-14-5-20)23(3-6-31-24)33-27-22(30)18-32-29-28(27)38-19-39-29/h1,3,6,16-18,20H,4-5,7-15,19H2,(H,31,32,33). The van der Waals surface area contributed by atoms with Crippen molar-refractivity contribution in [1.82, 2.24) is 19.8 Å². The molecule has 1 aromatic carbocycles. The predicted octanol–water partition coefficient (Wildman–Crippen LogP) is 3.94. The molecule has 3 aromatic rings. The molecule has 0 atom stereocenters. The molecule has 2 fully saturated rings. The van der Waals surface area contributed by atoms with Crippen molar-refractivity contribution in [2.75, 3.05) is 71.2 Å². The molecule has 3 aliphatic rings. The Hall–Kier alpha value is -3.49. The van der Waals surface area contributed by atoms with E-state index in [9.17, 15) is 0 Å². The monoisotopic (exact) mass is 565 g/mol. The normalized spacial score (nSPS) is 18.0. The zero-order valence-corrected chi connectivity index (χ0v) is 23.0. The minimum atomic E-state index is 0.0325. The van der Waals surface area contributed by atoms with Crippen molar-refractivity contribution in [2.45, 2.75) is 18.9 Å². The molecular weight excluding hydrogens is 534 g/mol. The van der Waals surface area contributed by atoms with Gasteiger partial charge in [0.25, 0.3) is 5.88 Å². The van der Waals surface area contributed by atoms with Crippen LogP contribution in [0.3, 0.4) is 0 Å². The van der Waals surface area contributed by atoms with Gasteiger partial charge in [-0.15, -0.1) is 6.42 Å². The molecule has 0 unspecified atom stereocenters. The molecule has 0 radical (unpaired) electrons. The number of pyridine rings is 2. The Labute approximate surface area is 238 Å². The fourth-order valence-corrected chi connectivity index (χ4v) is 5.34. The average Bonchev–Trinajstić information content (AvgIpc) is 3.45. The summed E-state index contributed by atoms with van der Waals surface area (Å²) >= 11 is 6.52. The van der Waals surface area contributed by atoms with Crippen molar-refractivity contribution in [3.8, 4) is 35.5 Å². The van der Waals surface area contributed by atoms with Crippen LogP contribution in [0.1, 0.15) is 12.8 Å². The van der Waals surface area contributed by atoms with E-state index in [0.29, 0.717) is 60.2 Å². The summed E-state index contributed by atoms with van der Waals surface area (Å²) in [6, 6.07) is 5.78. The number of nitrogens with zero attached hydrogens (tertiary/aromatic N) is 4. The molecule has 0 bridgehead atoms. The lowest BCUT2D eigenvalue weighted by Crippen LogP contribution is -2.47. The highest BCUT2D eigenvalue weighted by Crippen LogP contribution is 2.45. The van der Waals surface area contributed by atoms with Gasteiger partial charge in [-0.3, -0.25) is 14.8 Å². The molecule has 11 heteroatoms. The zero-order valence-electron chi connectivity index (χ0n) is 22.2. The molecular formula is C29H32ClN5O5. The minimum absolute atomic E-state index is 0.0325. The second kappa shape index (κ2) is 12.4.